The van der Waals surface area contributed by atoms with Crippen LogP contribution in [0.3, 0.4) is 0 Å². The Kier molecular flexibility index (Phi) is 3.36. The third kappa shape index (κ3) is 2.36. The van der Waals surface area contributed by atoms with Crippen LogP contribution >= 0.6 is 15.9 Å². The number of pyridine rings is 1. The Morgan fingerprint density at radius 3 is 2.80 bits per heavy atom. The first kappa shape index (κ1) is 12.6. The van der Waals surface area contributed by atoms with Crippen LogP contribution in [0, 0.1) is 11.3 Å². The van der Waals surface area contributed by atoms with Gasteiger partial charge in [-0.2, -0.15) is 5.26 Å². The van der Waals surface area contributed by atoms with E-state index in [0.29, 0.717) is 17.1 Å². The molecule has 4 heteroatoms. The molecule has 3 aromatic rings. The average Bonchev–Trinajstić information content (AvgIpc) is 2.48. The largest absolute Gasteiger partial charge is 0.455 e. The summed E-state index contributed by atoms with van der Waals surface area (Å²) < 4.78 is 6.77. The fourth-order valence-corrected chi connectivity index (χ4v) is 2.30. The van der Waals surface area contributed by atoms with Crippen LogP contribution in [0.1, 0.15) is 5.56 Å². The second-order valence-electron chi connectivity index (χ2n) is 4.18. The average molecular weight is 325 g/mol. The van der Waals surface area contributed by atoms with Crippen molar-refractivity contribution in [3.63, 3.8) is 0 Å². The summed E-state index contributed by atoms with van der Waals surface area (Å²) in [4.78, 5) is 4.29. The van der Waals surface area contributed by atoms with Crippen molar-refractivity contribution in [3.05, 3.63) is 64.8 Å². The number of nitriles is 1. The first-order valence-electron chi connectivity index (χ1n) is 5.99. The van der Waals surface area contributed by atoms with Gasteiger partial charge in [-0.15, -0.1) is 0 Å². The van der Waals surface area contributed by atoms with E-state index in [2.05, 4.69) is 27.0 Å². The van der Waals surface area contributed by atoms with Crippen molar-refractivity contribution in [2.45, 2.75) is 0 Å². The van der Waals surface area contributed by atoms with E-state index >= 15 is 0 Å². The second-order valence-corrected chi connectivity index (χ2v) is 5.10. The van der Waals surface area contributed by atoms with Crippen LogP contribution in [0.25, 0.3) is 10.9 Å². The first-order valence-corrected chi connectivity index (χ1v) is 6.78. The Morgan fingerprint density at radius 1 is 1.05 bits per heavy atom. The van der Waals surface area contributed by atoms with Crippen molar-refractivity contribution >= 4 is 26.8 Å². The van der Waals surface area contributed by atoms with Crippen LogP contribution in [0.15, 0.2) is 59.2 Å². The number of aromatic nitrogens is 1. The highest BCUT2D eigenvalue weighted by molar-refractivity contribution is 9.10. The van der Waals surface area contributed by atoms with E-state index < -0.39 is 0 Å². The normalized spacial score (nSPS) is 10.2. The van der Waals surface area contributed by atoms with Crippen molar-refractivity contribution in [1.82, 2.24) is 4.98 Å². The molecule has 20 heavy (non-hydrogen) atoms. The molecule has 0 aliphatic rings. The smallest absolute Gasteiger partial charge is 0.146 e. The molecule has 0 N–H and O–H groups in total. The summed E-state index contributed by atoms with van der Waals surface area (Å²) in [5.41, 5.74) is 1.35. The number of rotatable bonds is 2. The molecule has 0 bridgehead atoms. The van der Waals surface area contributed by atoms with Gasteiger partial charge in [-0.3, -0.25) is 4.98 Å². The van der Waals surface area contributed by atoms with E-state index in [9.17, 15) is 0 Å². The lowest BCUT2D eigenvalue weighted by atomic mass is 10.2. The lowest BCUT2D eigenvalue weighted by Crippen LogP contribution is -1.90. The summed E-state index contributed by atoms with van der Waals surface area (Å²) in [6, 6.07) is 16.9. The number of hydrogen-bond acceptors (Lipinski definition) is 3. The second kappa shape index (κ2) is 5.32. The molecule has 1 aromatic heterocycles. The van der Waals surface area contributed by atoms with Crippen molar-refractivity contribution in [3.8, 4) is 17.6 Å². The maximum atomic E-state index is 9.14. The summed E-state index contributed by atoms with van der Waals surface area (Å²) in [6.07, 6.45) is 1.74. The summed E-state index contributed by atoms with van der Waals surface area (Å²) in [5.74, 6) is 1.21. The SMILES string of the molecule is N#Cc1ccc(Br)cc1Oc1cccc2ncccc12. The van der Waals surface area contributed by atoms with E-state index in [0.717, 1.165) is 15.4 Å². The molecule has 0 saturated heterocycles. The van der Waals surface area contributed by atoms with Crippen LogP contribution in [0.2, 0.25) is 0 Å². The predicted octanol–water partition coefficient (Wildman–Crippen LogP) is 4.66. The fraction of sp³-hybridized carbons (Fsp3) is 0. The number of ether oxygens (including phenoxy) is 1. The monoisotopic (exact) mass is 324 g/mol. The van der Waals surface area contributed by atoms with Gasteiger partial charge in [-0.25, -0.2) is 0 Å². The molecule has 0 aliphatic heterocycles. The molecule has 96 valence electrons. The van der Waals surface area contributed by atoms with Gasteiger partial charge in [0.2, 0.25) is 0 Å². The van der Waals surface area contributed by atoms with Crippen molar-refractivity contribution in [1.29, 1.82) is 5.26 Å². The molecule has 0 spiro atoms. The molecule has 0 aliphatic carbocycles. The third-order valence-corrected chi connectivity index (χ3v) is 3.38. The highest BCUT2D eigenvalue weighted by Gasteiger charge is 2.08. The number of fused-ring (bicyclic) bond motifs is 1. The Labute approximate surface area is 124 Å². The van der Waals surface area contributed by atoms with Gasteiger partial charge in [0.25, 0.3) is 0 Å². The third-order valence-electron chi connectivity index (χ3n) is 2.89. The molecular weight excluding hydrogens is 316 g/mol. The Bertz CT molecular complexity index is 819. The van der Waals surface area contributed by atoms with E-state index in [-0.39, 0.29) is 0 Å². The van der Waals surface area contributed by atoms with E-state index in [1.165, 1.54) is 0 Å². The molecule has 0 radical (unpaired) electrons. The Balaban J connectivity index is 2.10. The zero-order chi connectivity index (χ0) is 13.9. The molecular formula is C16H9BrN2O. The predicted molar refractivity (Wildman–Crippen MR) is 80.7 cm³/mol. The van der Waals surface area contributed by atoms with Crippen molar-refractivity contribution < 1.29 is 4.74 Å². The molecule has 0 atom stereocenters. The Hall–Kier alpha value is -2.38. The maximum Gasteiger partial charge on any atom is 0.146 e. The summed E-state index contributed by atoms with van der Waals surface area (Å²) in [5, 5.41) is 10.1. The summed E-state index contributed by atoms with van der Waals surface area (Å²) in [6.45, 7) is 0. The van der Waals surface area contributed by atoms with Crippen LogP contribution in [0.4, 0.5) is 0 Å². The van der Waals surface area contributed by atoms with Gasteiger partial charge in [0, 0.05) is 16.1 Å². The van der Waals surface area contributed by atoms with Gasteiger partial charge in [0.15, 0.2) is 0 Å². The number of nitrogens with zero attached hydrogens (tertiary/aromatic N) is 2. The van der Waals surface area contributed by atoms with Crippen LogP contribution in [0.5, 0.6) is 11.5 Å². The topological polar surface area (TPSA) is 45.9 Å². The molecule has 3 rings (SSSR count). The lowest BCUT2D eigenvalue weighted by Gasteiger charge is -2.10. The van der Waals surface area contributed by atoms with Crippen molar-refractivity contribution in [2.24, 2.45) is 0 Å². The van der Waals surface area contributed by atoms with Crippen LogP contribution in [-0.4, -0.2) is 4.98 Å². The molecule has 0 fully saturated rings. The molecule has 1 heterocycles. The van der Waals surface area contributed by atoms with Crippen molar-refractivity contribution in [2.75, 3.05) is 0 Å². The van der Waals surface area contributed by atoms with Gasteiger partial charge in [0.1, 0.15) is 17.6 Å². The fourth-order valence-electron chi connectivity index (χ4n) is 1.96. The van der Waals surface area contributed by atoms with Gasteiger partial charge in [0.05, 0.1) is 11.1 Å². The lowest BCUT2D eigenvalue weighted by molar-refractivity contribution is 0.486. The highest BCUT2D eigenvalue weighted by atomic mass is 79.9. The molecule has 3 nitrogen and oxygen atoms in total. The van der Waals surface area contributed by atoms with Crippen LogP contribution in [-0.2, 0) is 0 Å². The number of hydrogen-bond donors (Lipinski definition) is 0. The summed E-state index contributed by atoms with van der Waals surface area (Å²) in [7, 11) is 0. The van der Waals surface area contributed by atoms with E-state index in [1.807, 2.05) is 36.4 Å². The molecule has 0 amide bonds. The first-order chi connectivity index (χ1) is 9.78. The van der Waals surface area contributed by atoms with E-state index in [4.69, 9.17) is 10.00 Å². The minimum atomic E-state index is 0.495. The van der Waals surface area contributed by atoms with Gasteiger partial charge in [-0.1, -0.05) is 22.0 Å². The zero-order valence-corrected chi connectivity index (χ0v) is 12.0. The number of halogens is 1. The molecule has 0 saturated carbocycles. The maximum absolute atomic E-state index is 9.14. The van der Waals surface area contributed by atoms with Gasteiger partial charge >= 0.3 is 0 Å². The summed E-state index contributed by atoms with van der Waals surface area (Å²) >= 11 is 3.39. The van der Waals surface area contributed by atoms with E-state index in [1.54, 1.807) is 18.3 Å². The Morgan fingerprint density at radius 2 is 1.95 bits per heavy atom. The van der Waals surface area contributed by atoms with Gasteiger partial charge in [-0.05, 0) is 42.5 Å². The zero-order valence-electron chi connectivity index (χ0n) is 10.4. The molecule has 0 unspecified atom stereocenters. The molecule has 2 aromatic carbocycles. The minimum absolute atomic E-state index is 0.495. The standard InChI is InChI=1S/C16H9BrN2O/c17-12-7-6-11(10-18)16(9-12)20-15-5-1-4-14-13(15)3-2-8-19-14/h1-9H. The number of benzene rings is 2. The van der Waals surface area contributed by atoms with Gasteiger partial charge < -0.3 is 4.74 Å². The minimum Gasteiger partial charge on any atom is -0.455 e. The quantitative estimate of drug-likeness (QED) is 0.688. The van der Waals surface area contributed by atoms with Crippen LogP contribution < -0.4 is 4.74 Å². The highest BCUT2D eigenvalue weighted by Crippen LogP contribution is 2.32.